The smallest absolute Gasteiger partial charge is 0.0351 e. The highest BCUT2D eigenvalue weighted by Gasteiger charge is 1.88. The Hall–Kier alpha value is -0.260. The van der Waals surface area contributed by atoms with E-state index in [9.17, 15) is 0 Å². The van der Waals surface area contributed by atoms with E-state index in [4.69, 9.17) is 0 Å². The summed E-state index contributed by atoms with van der Waals surface area (Å²) in [6.07, 6.45) is 21.4. The first kappa shape index (κ1) is 15.7. The highest BCUT2D eigenvalue weighted by Crippen LogP contribution is 2.08. The van der Waals surface area contributed by atoms with E-state index in [2.05, 4.69) is 26.0 Å². The van der Waals surface area contributed by atoms with Crippen LogP contribution in [0, 0.1) is 0 Å². The molecule has 0 amide bonds. The molecule has 0 aromatic carbocycles. The average molecular weight is 224 g/mol. The fraction of sp³-hybridized carbons (Fsp3) is 0.875. The third-order valence-corrected chi connectivity index (χ3v) is 3.12. The molecule has 0 unspecified atom stereocenters. The molecule has 0 aliphatic carbocycles. The van der Waals surface area contributed by atoms with Crippen LogP contribution in [0.1, 0.15) is 90.9 Å². The van der Waals surface area contributed by atoms with Crippen LogP contribution in [0.5, 0.6) is 0 Å². The molecule has 0 aliphatic rings. The molecule has 0 saturated heterocycles. The molecule has 0 N–H and O–H groups in total. The van der Waals surface area contributed by atoms with Gasteiger partial charge in [0.1, 0.15) is 0 Å². The van der Waals surface area contributed by atoms with Crippen LogP contribution in [0.25, 0.3) is 0 Å². The minimum Gasteiger partial charge on any atom is -0.0885 e. The lowest BCUT2D eigenvalue weighted by Crippen LogP contribution is -1.77. The second-order valence-electron chi connectivity index (χ2n) is 4.88. The van der Waals surface area contributed by atoms with E-state index in [0.29, 0.717) is 0 Å². The molecule has 0 heteroatoms. The van der Waals surface area contributed by atoms with Crippen molar-refractivity contribution in [2.75, 3.05) is 0 Å². The predicted molar refractivity (Wildman–Crippen MR) is 75.9 cm³/mol. The largest absolute Gasteiger partial charge is 0.0885 e. The lowest BCUT2D eigenvalue weighted by molar-refractivity contribution is 0.631. The molecular formula is C16H32. The summed E-state index contributed by atoms with van der Waals surface area (Å²) in [6.45, 7) is 4.55. The van der Waals surface area contributed by atoms with E-state index in [1.807, 2.05) is 0 Å². The van der Waals surface area contributed by atoms with Crippen molar-refractivity contribution in [3.63, 3.8) is 0 Å². The maximum absolute atomic E-state index is 2.39. The van der Waals surface area contributed by atoms with Gasteiger partial charge in [0.2, 0.25) is 0 Å². The van der Waals surface area contributed by atoms with Crippen LogP contribution in [-0.4, -0.2) is 0 Å². The van der Waals surface area contributed by atoms with Crippen molar-refractivity contribution in [2.24, 2.45) is 0 Å². The van der Waals surface area contributed by atoms with Crippen molar-refractivity contribution in [3.8, 4) is 0 Å². The summed E-state index contributed by atoms with van der Waals surface area (Å²) in [5.74, 6) is 0. The molecular weight excluding hydrogens is 192 g/mol. The van der Waals surface area contributed by atoms with Gasteiger partial charge >= 0.3 is 0 Å². The zero-order valence-corrected chi connectivity index (χ0v) is 11.6. The van der Waals surface area contributed by atoms with E-state index in [-0.39, 0.29) is 0 Å². The van der Waals surface area contributed by atoms with Crippen LogP contribution in [0.3, 0.4) is 0 Å². The van der Waals surface area contributed by atoms with Crippen molar-refractivity contribution in [1.29, 1.82) is 0 Å². The van der Waals surface area contributed by atoms with Gasteiger partial charge in [-0.3, -0.25) is 0 Å². The van der Waals surface area contributed by atoms with Gasteiger partial charge in [-0.15, -0.1) is 0 Å². The molecule has 0 nitrogen and oxygen atoms in total. The van der Waals surface area contributed by atoms with E-state index in [0.717, 1.165) is 0 Å². The monoisotopic (exact) mass is 224 g/mol. The highest BCUT2D eigenvalue weighted by molar-refractivity contribution is 4.81. The zero-order valence-electron chi connectivity index (χ0n) is 11.6. The Morgan fingerprint density at radius 3 is 1.25 bits per heavy atom. The van der Waals surface area contributed by atoms with Crippen LogP contribution in [0.4, 0.5) is 0 Å². The van der Waals surface area contributed by atoms with Crippen LogP contribution >= 0.6 is 0 Å². The summed E-state index contributed by atoms with van der Waals surface area (Å²) in [4.78, 5) is 0. The predicted octanol–water partition coefficient (Wildman–Crippen LogP) is 6.26. The Labute approximate surface area is 104 Å². The minimum absolute atomic E-state index is 1.30. The lowest BCUT2D eigenvalue weighted by Gasteiger charge is -1.97. The second kappa shape index (κ2) is 14.7. The average Bonchev–Trinajstić information content (AvgIpc) is 2.31. The Kier molecular flexibility index (Phi) is 14.5. The molecule has 0 spiro atoms. The van der Waals surface area contributed by atoms with Gasteiger partial charge in [-0.05, 0) is 25.7 Å². The highest BCUT2D eigenvalue weighted by atomic mass is 13.9. The van der Waals surface area contributed by atoms with E-state index in [1.165, 1.54) is 77.0 Å². The Bertz CT molecular complexity index is 119. The lowest BCUT2D eigenvalue weighted by atomic mass is 10.1. The van der Waals surface area contributed by atoms with E-state index < -0.39 is 0 Å². The number of unbranched alkanes of at least 4 members (excludes halogenated alkanes) is 10. The Balaban J connectivity index is 2.98. The number of hydrogen-bond donors (Lipinski definition) is 0. The first-order chi connectivity index (χ1) is 7.91. The van der Waals surface area contributed by atoms with Crippen molar-refractivity contribution in [1.82, 2.24) is 0 Å². The summed E-state index contributed by atoms with van der Waals surface area (Å²) in [7, 11) is 0. The summed E-state index contributed by atoms with van der Waals surface area (Å²) in [6, 6.07) is 0. The molecule has 0 aliphatic heterocycles. The summed E-state index contributed by atoms with van der Waals surface area (Å²) in [5, 5.41) is 0. The second-order valence-corrected chi connectivity index (χ2v) is 4.88. The molecule has 0 aromatic heterocycles. The summed E-state index contributed by atoms with van der Waals surface area (Å²) in [5.41, 5.74) is 0. The fourth-order valence-corrected chi connectivity index (χ4v) is 1.97. The quantitative estimate of drug-likeness (QED) is 0.271. The van der Waals surface area contributed by atoms with Crippen molar-refractivity contribution in [2.45, 2.75) is 90.9 Å². The maximum Gasteiger partial charge on any atom is -0.0351 e. The molecule has 0 saturated carbocycles. The van der Waals surface area contributed by atoms with Crippen LogP contribution < -0.4 is 0 Å². The zero-order chi connectivity index (χ0) is 11.9. The van der Waals surface area contributed by atoms with Gasteiger partial charge in [0.25, 0.3) is 0 Å². The molecule has 0 heterocycles. The molecule has 0 fully saturated rings. The first-order valence-corrected chi connectivity index (χ1v) is 7.56. The molecule has 0 bridgehead atoms. The minimum atomic E-state index is 1.30. The van der Waals surface area contributed by atoms with E-state index >= 15 is 0 Å². The van der Waals surface area contributed by atoms with Gasteiger partial charge in [-0.2, -0.15) is 0 Å². The normalized spacial score (nSPS) is 11.4. The number of hydrogen-bond acceptors (Lipinski definition) is 0. The third-order valence-electron chi connectivity index (χ3n) is 3.12. The van der Waals surface area contributed by atoms with Gasteiger partial charge < -0.3 is 0 Å². The fourth-order valence-electron chi connectivity index (χ4n) is 1.97. The summed E-state index contributed by atoms with van der Waals surface area (Å²) < 4.78 is 0. The molecule has 0 rings (SSSR count). The van der Waals surface area contributed by atoms with Crippen molar-refractivity contribution < 1.29 is 0 Å². The van der Waals surface area contributed by atoms with Gasteiger partial charge in [0, 0.05) is 0 Å². The van der Waals surface area contributed by atoms with Crippen molar-refractivity contribution >= 4 is 0 Å². The Morgan fingerprint density at radius 1 is 0.500 bits per heavy atom. The maximum atomic E-state index is 2.39. The van der Waals surface area contributed by atoms with E-state index in [1.54, 1.807) is 0 Å². The standard InChI is InChI=1S/C16H32/c1-3-5-7-9-11-13-15-16-14-12-10-8-6-4-2/h15-16H,3-14H2,1-2H3/b16-15+. The summed E-state index contributed by atoms with van der Waals surface area (Å²) >= 11 is 0. The molecule has 0 radical (unpaired) electrons. The van der Waals surface area contributed by atoms with Gasteiger partial charge in [0.15, 0.2) is 0 Å². The third kappa shape index (κ3) is 13.7. The van der Waals surface area contributed by atoms with Crippen LogP contribution in [0.15, 0.2) is 12.2 Å². The molecule has 96 valence electrons. The Morgan fingerprint density at radius 2 is 0.875 bits per heavy atom. The molecule has 0 atom stereocenters. The SMILES string of the molecule is CCCCCCC/C=C/CCCCCCC. The number of rotatable bonds is 12. The van der Waals surface area contributed by atoms with Gasteiger partial charge in [-0.1, -0.05) is 77.4 Å². The molecule has 0 aromatic rings. The number of allylic oxidation sites excluding steroid dienone is 2. The van der Waals surface area contributed by atoms with Crippen LogP contribution in [-0.2, 0) is 0 Å². The van der Waals surface area contributed by atoms with Gasteiger partial charge in [-0.25, -0.2) is 0 Å². The molecule has 16 heavy (non-hydrogen) atoms. The first-order valence-electron chi connectivity index (χ1n) is 7.56. The topological polar surface area (TPSA) is 0 Å². The van der Waals surface area contributed by atoms with Gasteiger partial charge in [0.05, 0.1) is 0 Å². The van der Waals surface area contributed by atoms with Crippen LogP contribution in [0.2, 0.25) is 0 Å². The van der Waals surface area contributed by atoms with Crippen molar-refractivity contribution in [3.05, 3.63) is 12.2 Å².